The van der Waals surface area contributed by atoms with Crippen LogP contribution in [0.2, 0.25) is 0 Å². The Kier molecular flexibility index (Phi) is 5.90. The average Bonchev–Trinajstić information content (AvgIpc) is 3.07. The highest BCUT2D eigenvalue weighted by atomic mass is 32.2. The van der Waals surface area contributed by atoms with Crippen LogP contribution in [-0.2, 0) is 23.0 Å². The molecule has 1 saturated heterocycles. The standard InChI is InChI=1S/C24H30N4O3S/c1-2-31-21-13-14-22(20-11-6-5-10-19(20)21)32(29,30)27-15-8-9-18(17-27)24-26-25-23-12-4-3-7-16-28(23)24/h5-6,10-11,13-14,18H,2-4,7-9,12,15-17H2,1H3. The monoisotopic (exact) mass is 454 g/mol. The Labute approximate surface area is 189 Å². The third-order valence-electron chi connectivity index (χ3n) is 6.65. The van der Waals surface area contributed by atoms with Gasteiger partial charge in [0.2, 0.25) is 10.0 Å². The molecule has 3 aromatic rings. The first-order chi connectivity index (χ1) is 15.6. The van der Waals surface area contributed by atoms with Gasteiger partial charge in [0.15, 0.2) is 0 Å². The number of hydrogen-bond acceptors (Lipinski definition) is 5. The highest BCUT2D eigenvalue weighted by Crippen LogP contribution is 2.35. The fourth-order valence-electron chi connectivity index (χ4n) is 5.07. The molecule has 1 aromatic heterocycles. The molecule has 0 radical (unpaired) electrons. The van der Waals surface area contributed by atoms with E-state index in [4.69, 9.17) is 4.74 Å². The van der Waals surface area contributed by atoms with Crippen molar-refractivity contribution in [2.45, 2.75) is 62.8 Å². The minimum Gasteiger partial charge on any atom is -0.493 e. The van der Waals surface area contributed by atoms with Crippen LogP contribution in [-0.4, -0.2) is 47.2 Å². The molecule has 2 aromatic carbocycles. The second-order valence-corrected chi connectivity index (χ2v) is 10.6. The van der Waals surface area contributed by atoms with Crippen molar-refractivity contribution in [1.82, 2.24) is 19.1 Å². The molecule has 2 aliphatic heterocycles. The van der Waals surface area contributed by atoms with Crippen molar-refractivity contribution in [3.63, 3.8) is 0 Å². The van der Waals surface area contributed by atoms with Gasteiger partial charge in [0.25, 0.3) is 0 Å². The first-order valence-corrected chi connectivity index (χ1v) is 13.1. The number of ether oxygens (including phenoxy) is 1. The summed E-state index contributed by atoms with van der Waals surface area (Å²) in [5, 5.41) is 10.5. The van der Waals surface area contributed by atoms with E-state index in [0.29, 0.717) is 35.7 Å². The molecule has 5 rings (SSSR count). The van der Waals surface area contributed by atoms with Crippen LogP contribution < -0.4 is 4.74 Å². The summed E-state index contributed by atoms with van der Waals surface area (Å²) < 4.78 is 37.2. The van der Waals surface area contributed by atoms with Gasteiger partial charge >= 0.3 is 0 Å². The predicted molar refractivity (Wildman–Crippen MR) is 123 cm³/mol. The molecule has 2 aliphatic rings. The van der Waals surface area contributed by atoms with Crippen molar-refractivity contribution in [2.24, 2.45) is 0 Å². The van der Waals surface area contributed by atoms with E-state index in [1.54, 1.807) is 16.4 Å². The second kappa shape index (κ2) is 8.83. The summed E-state index contributed by atoms with van der Waals surface area (Å²) in [6.45, 7) is 4.37. The molecule has 0 saturated carbocycles. The van der Waals surface area contributed by atoms with Crippen molar-refractivity contribution >= 4 is 20.8 Å². The number of fused-ring (bicyclic) bond motifs is 2. The maximum Gasteiger partial charge on any atom is 0.243 e. The Morgan fingerprint density at radius 3 is 2.69 bits per heavy atom. The molecule has 0 aliphatic carbocycles. The highest BCUT2D eigenvalue weighted by Gasteiger charge is 2.34. The second-order valence-electron chi connectivity index (χ2n) is 8.68. The van der Waals surface area contributed by atoms with Gasteiger partial charge in [-0.05, 0) is 44.7 Å². The zero-order valence-electron chi connectivity index (χ0n) is 18.5. The molecule has 0 spiro atoms. The maximum absolute atomic E-state index is 13.8. The highest BCUT2D eigenvalue weighted by molar-refractivity contribution is 7.89. The van der Waals surface area contributed by atoms with E-state index in [1.165, 1.54) is 6.42 Å². The predicted octanol–water partition coefficient (Wildman–Crippen LogP) is 4.12. The van der Waals surface area contributed by atoms with Crippen LogP contribution >= 0.6 is 0 Å². The van der Waals surface area contributed by atoms with Crippen LogP contribution in [0, 0.1) is 0 Å². The van der Waals surface area contributed by atoms with E-state index in [2.05, 4.69) is 14.8 Å². The Morgan fingerprint density at radius 1 is 1.00 bits per heavy atom. The van der Waals surface area contributed by atoms with Gasteiger partial charge < -0.3 is 9.30 Å². The quantitative estimate of drug-likeness (QED) is 0.579. The number of rotatable bonds is 5. The first-order valence-electron chi connectivity index (χ1n) is 11.7. The van der Waals surface area contributed by atoms with Gasteiger partial charge in [0, 0.05) is 42.7 Å². The first kappa shape index (κ1) is 21.4. The summed E-state index contributed by atoms with van der Waals surface area (Å²) in [5.41, 5.74) is 0. The lowest BCUT2D eigenvalue weighted by atomic mass is 9.99. The summed E-state index contributed by atoms with van der Waals surface area (Å²) in [6.07, 6.45) is 6.20. The van der Waals surface area contributed by atoms with Gasteiger partial charge in [0.05, 0.1) is 11.5 Å². The molecule has 1 fully saturated rings. The van der Waals surface area contributed by atoms with Crippen LogP contribution in [0.25, 0.3) is 10.8 Å². The topological polar surface area (TPSA) is 77.3 Å². The minimum absolute atomic E-state index is 0.0758. The maximum atomic E-state index is 13.8. The van der Waals surface area contributed by atoms with Crippen LogP contribution in [0.5, 0.6) is 5.75 Å². The van der Waals surface area contributed by atoms with E-state index >= 15 is 0 Å². The summed E-state index contributed by atoms with van der Waals surface area (Å²) in [7, 11) is -3.65. The lowest BCUT2D eigenvalue weighted by Gasteiger charge is -2.32. The van der Waals surface area contributed by atoms with Crippen LogP contribution in [0.1, 0.15) is 56.6 Å². The fraction of sp³-hybridized carbons (Fsp3) is 0.500. The summed E-state index contributed by atoms with van der Waals surface area (Å²) in [6, 6.07) is 11.0. The Hall–Kier alpha value is -2.45. The van der Waals surface area contributed by atoms with Gasteiger partial charge in [-0.25, -0.2) is 8.42 Å². The lowest BCUT2D eigenvalue weighted by molar-refractivity contribution is 0.304. The van der Waals surface area contributed by atoms with Gasteiger partial charge in [-0.3, -0.25) is 0 Å². The van der Waals surface area contributed by atoms with Gasteiger partial charge in [-0.2, -0.15) is 4.31 Å². The number of benzene rings is 2. The normalized spacial score (nSPS) is 20.1. The smallest absolute Gasteiger partial charge is 0.243 e. The molecule has 3 heterocycles. The summed E-state index contributed by atoms with van der Waals surface area (Å²) >= 11 is 0. The van der Waals surface area contributed by atoms with Crippen molar-refractivity contribution in [3.8, 4) is 5.75 Å². The number of piperidine rings is 1. The summed E-state index contributed by atoms with van der Waals surface area (Å²) in [5.74, 6) is 2.80. The van der Waals surface area contributed by atoms with Gasteiger partial charge in [-0.15, -0.1) is 10.2 Å². The lowest BCUT2D eigenvalue weighted by Crippen LogP contribution is -2.39. The third kappa shape index (κ3) is 3.79. The Morgan fingerprint density at radius 2 is 1.84 bits per heavy atom. The van der Waals surface area contributed by atoms with Crippen LogP contribution in [0.4, 0.5) is 0 Å². The fourth-order valence-corrected chi connectivity index (χ4v) is 6.79. The molecule has 32 heavy (non-hydrogen) atoms. The summed E-state index contributed by atoms with van der Waals surface area (Å²) in [4.78, 5) is 0.345. The van der Waals surface area contributed by atoms with Gasteiger partial charge in [-0.1, -0.05) is 30.7 Å². The van der Waals surface area contributed by atoms with E-state index in [9.17, 15) is 8.42 Å². The zero-order chi connectivity index (χ0) is 22.1. The number of hydrogen-bond donors (Lipinski definition) is 0. The molecular weight excluding hydrogens is 424 g/mol. The van der Waals surface area contributed by atoms with E-state index in [0.717, 1.165) is 55.7 Å². The molecule has 170 valence electrons. The minimum atomic E-state index is -3.65. The van der Waals surface area contributed by atoms with Crippen LogP contribution in [0.3, 0.4) is 0 Å². The molecule has 0 bridgehead atoms. The Balaban J connectivity index is 1.48. The third-order valence-corrected chi connectivity index (χ3v) is 8.57. The number of nitrogens with zero attached hydrogens (tertiary/aromatic N) is 4. The van der Waals surface area contributed by atoms with E-state index in [-0.39, 0.29) is 5.92 Å². The average molecular weight is 455 g/mol. The Bertz CT molecular complexity index is 1220. The molecule has 0 amide bonds. The molecule has 0 N–H and O–H groups in total. The van der Waals surface area contributed by atoms with Crippen molar-refractivity contribution in [1.29, 1.82) is 0 Å². The van der Waals surface area contributed by atoms with Crippen molar-refractivity contribution < 1.29 is 13.2 Å². The molecular formula is C24H30N4O3S. The molecule has 1 unspecified atom stereocenters. The largest absolute Gasteiger partial charge is 0.493 e. The molecule has 8 heteroatoms. The SMILES string of the molecule is CCOc1ccc(S(=O)(=O)N2CCCC(c3nnc4n3CCCCC4)C2)c2ccccc12. The molecule has 7 nitrogen and oxygen atoms in total. The van der Waals surface area contributed by atoms with Crippen LogP contribution in [0.15, 0.2) is 41.3 Å². The van der Waals surface area contributed by atoms with Crippen molar-refractivity contribution in [2.75, 3.05) is 19.7 Å². The van der Waals surface area contributed by atoms with E-state index < -0.39 is 10.0 Å². The number of aryl methyl sites for hydroxylation is 1. The number of aromatic nitrogens is 3. The van der Waals surface area contributed by atoms with Gasteiger partial charge in [0.1, 0.15) is 17.4 Å². The molecule has 1 atom stereocenters. The van der Waals surface area contributed by atoms with E-state index in [1.807, 2.05) is 31.2 Å². The number of sulfonamides is 1. The van der Waals surface area contributed by atoms with Crippen molar-refractivity contribution in [3.05, 3.63) is 48.0 Å². The zero-order valence-corrected chi connectivity index (χ0v) is 19.4.